The third-order valence-corrected chi connectivity index (χ3v) is 4.77. The smallest absolute Gasteiger partial charge is 0.0688 e. The molecule has 94 valence electrons. The first-order chi connectivity index (χ1) is 7.60. The van der Waals surface area contributed by atoms with E-state index in [-0.39, 0.29) is 5.60 Å². The van der Waals surface area contributed by atoms with E-state index in [9.17, 15) is 5.11 Å². The molecule has 1 N–H and O–H groups in total. The summed E-state index contributed by atoms with van der Waals surface area (Å²) in [6, 6.07) is 0. The zero-order valence-electron chi connectivity index (χ0n) is 10.9. The Balaban J connectivity index is 1.99. The molecule has 0 bridgehead atoms. The monoisotopic (exact) mass is 225 g/mol. The Morgan fingerprint density at radius 3 is 2.69 bits per heavy atom. The van der Waals surface area contributed by atoms with Gasteiger partial charge in [-0.3, -0.25) is 0 Å². The minimum absolute atomic E-state index is 0.348. The zero-order valence-corrected chi connectivity index (χ0v) is 10.9. The average Bonchev–Trinajstić information content (AvgIpc) is 2.42. The fourth-order valence-electron chi connectivity index (χ4n) is 3.61. The maximum Gasteiger partial charge on any atom is 0.0688 e. The largest absolute Gasteiger partial charge is 0.390 e. The van der Waals surface area contributed by atoms with Gasteiger partial charge in [0.25, 0.3) is 0 Å². The molecule has 0 spiro atoms. The summed E-state index contributed by atoms with van der Waals surface area (Å²) in [5.74, 6) is 1.39. The Morgan fingerprint density at radius 1 is 1.12 bits per heavy atom. The number of hydrogen-bond donors (Lipinski definition) is 1. The molecule has 2 heteroatoms. The van der Waals surface area contributed by atoms with Crippen molar-refractivity contribution in [3.05, 3.63) is 0 Å². The summed E-state index contributed by atoms with van der Waals surface area (Å²) in [6.45, 7) is 4.57. The predicted molar refractivity (Wildman–Crippen MR) is 67.4 cm³/mol. The standard InChI is InChI=1S/C14H27NO/c1-12-5-3-6-13(11-12)14(16)7-4-9-15(2)10-8-14/h12-13,16H,3-11H2,1-2H3. The van der Waals surface area contributed by atoms with E-state index in [0.717, 1.165) is 38.3 Å². The molecule has 1 aliphatic carbocycles. The van der Waals surface area contributed by atoms with Crippen molar-refractivity contribution in [1.82, 2.24) is 4.90 Å². The van der Waals surface area contributed by atoms with Gasteiger partial charge in [-0.25, -0.2) is 0 Å². The fraction of sp³-hybridized carbons (Fsp3) is 1.00. The van der Waals surface area contributed by atoms with E-state index in [4.69, 9.17) is 0 Å². The lowest BCUT2D eigenvalue weighted by Crippen LogP contribution is -2.41. The molecule has 2 rings (SSSR count). The number of rotatable bonds is 1. The molecule has 2 aliphatic rings. The number of aliphatic hydroxyl groups is 1. The fourth-order valence-corrected chi connectivity index (χ4v) is 3.61. The van der Waals surface area contributed by atoms with Crippen molar-refractivity contribution in [3.63, 3.8) is 0 Å². The van der Waals surface area contributed by atoms with Crippen LogP contribution < -0.4 is 0 Å². The molecular formula is C14H27NO. The van der Waals surface area contributed by atoms with E-state index in [0.29, 0.717) is 5.92 Å². The Hall–Kier alpha value is -0.0800. The van der Waals surface area contributed by atoms with Crippen LogP contribution in [-0.2, 0) is 0 Å². The highest BCUT2D eigenvalue weighted by molar-refractivity contribution is 4.91. The van der Waals surface area contributed by atoms with E-state index in [2.05, 4.69) is 18.9 Å². The Labute approximate surface area is 100 Å². The van der Waals surface area contributed by atoms with Crippen molar-refractivity contribution in [2.45, 2.75) is 57.5 Å². The van der Waals surface area contributed by atoms with Gasteiger partial charge in [0.2, 0.25) is 0 Å². The molecule has 1 saturated carbocycles. The van der Waals surface area contributed by atoms with Gasteiger partial charge in [-0.2, -0.15) is 0 Å². The molecule has 0 amide bonds. The minimum Gasteiger partial charge on any atom is -0.390 e. The van der Waals surface area contributed by atoms with Gasteiger partial charge in [-0.15, -0.1) is 0 Å². The molecule has 2 nitrogen and oxygen atoms in total. The molecule has 3 unspecified atom stereocenters. The van der Waals surface area contributed by atoms with Crippen LogP contribution in [0.3, 0.4) is 0 Å². The van der Waals surface area contributed by atoms with Gasteiger partial charge in [-0.1, -0.05) is 19.8 Å². The highest BCUT2D eigenvalue weighted by Crippen LogP contribution is 2.40. The van der Waals surface area contributed by atoms with Crippen LogP contribution in [0, 0.1) is 11.8 Å². The maximum absolute atomic E-state index is 10.9. The van der Waals surface area contributed by atoms with E-state index >= 15 is 0 Å². The molecule has 3 atom stereocenters. The SMILES string of the molecule is CC1CCCC(C2(O)CCCN(C)CC2)C1. The average molecular weight is 225 g/mol. The first-order valence-electron chi connectivity index (χ1n) is 7.01. The zero-order chi connectivity index (χ0) is 11.6. The van der Waals surface area contributed by atoms with Crippen LogP contribution in [0.4, 0.5) is 0 Å². The molecule has 1 heterocycles. The molecule has 2 fully saturated rings. The van der Waals surface area contributed by atoms with Crippen molar-refractivity contribution in [3.8, 4) is 0 Å². The molecule has 0 aromatic rings. The summed E-state index contributed by atoms with van der Waals surface area (Å²) in [6.07, 6.45) is 8.37. The van der Waals surface area contributed by atoms with Crippen LogP contribution in [0.25, 0.3) is 0 Å². The molecular weight excluding hydrogens is 198 g/mol. The van der Waals surface area contributed by atoms with Crippen molar-refractivity contribution in [2.24, 2.45) is 11.8 Å². The summed E-state index contributed by atoms with van der Waals surface area (Å²) in [4.78, 5) is 2.37. The van der Waals surface area contributed by atoms with Gasteiger partial charge in [0.15, 0.2) is 0 Å². The Bertz CT molecular complexity index is 231. The lowest BCUT2D eigenvalue weighted by atomic mass is 9.70. The number of nitrogens with zero attached hydrogens (tertiary/aromatic N) is 1. The maximum atomic E-state index is 10.9. The topological polar surface area (TPSA) is 23.5 Å². The van der Waals surface area contributed by atoms with E-state index in [1.54, 1.807) is 0 Å². The van der Waals surface area contributed by atoms with Crippen LogP contribution in [0.15, 0.2) is 0 Å². The number of hydrogen-bond acceptors (Lipinski definition) is 2. The van der Waals surface area contributed by atoms with Crippen LogP contribution in [-0.4, -0.2) is 35.7 Å². The third kappa shape index (κ3) is 2.78. The highest BCUT2D eigenvalue weighted by Gasteiger charge is 2.39. The van der Waals surface area contributed by atoms with E-state index in [1.807, 2.05) is 0 Å². The highest BCUT2D eigenvalue weighted by atomic mass is 16.3. The summed E-state index contributed by atoms with van der Waals surface area (Å²) in [7, 11) is 2.18. The van der Waals surface area contributed by atoms with Gasteiger partial charge in [0, 0.05) is 6.54 Å². The normalized spacial score (nSPS) is 42.9. The first-order valence-corrected chi connectivity index (χ1v) is 7.01. The van der Waals surface area contributed by atoms with Gasteiger partial charge in [0.05, 0.1) is 5.60 Å². The molecule has 0 radical (unpaired) electrons. The molecule has 1 aliphatic heterocycles. The van der Waals surface area contributed by atoms with Crippen molar-refractivity contribution >= 4 is 0 Å². The molecule has 0 aromatic heterocycles. The summed E-state index contributed by atoms with van der Waals surface area (Å²) in [5.41, 5.74) is -0.348. The predicted octanol–water partition coefficient (Wildman–Crippen LogP) is 2.66. The lowest BCUT2D eigenvalue weighted by Gasteiger charge is -2.40. The summed E-state index contributed by atoms with van der Waals surface area (Å²) >= 11 is 0. The number of likely N-dealkylation sites (tertiary alicyclic amines) is 1. The quantitative estimate of drug-likeness (QED) is 0.741. The second-order valence-corrected chi connectivity index (χ2v) is 6.23. The van der Waals surface area contributed by atoms with Crippen LogP contribution in [0.2, 0.25) is 0 Å². The molecule has 16 heavy (non-hydrogen) atoms. The Kier molecular flexibility index (Phi) is 3.91. The second kappa shape index (κ2) is 5.05. The van der Waals surface area contributed by atoms with E-state index in [1.165, 1.54) is 25.7 Å². The second-order valence-electron chi connectivity index (χ2n) is 6.23. The van der Waals surface area contributed by atoms with Crippen molar-refractivity contribution < 1.29 is 5.11 Å². The summed E-state index contributed by atoms with van der Waals surface area (Å²) < 4.78 is 0. The van der Waals surface area contributed by atoms with Crippen LogP contribution in [0.1, 0.15) is 51.9 Å². The van der Waals surface area contributed by atoms with Crippen molar-refractivity contribution in [1.29, 1.82) is 0 Å². The minimum atomic E-state index is -0.348. The Morgan fingerprint density at radius 2 is 1.94 bits per heavy atom. The van der Waals surface area contributed by atoms with Gasteiger partial charge < -0.3 is 10.0 Å². The van der Waals surface area contributed by atoms with Gasteiger partial charge in [0.1, 0.15) is 0 Å². The van der Waals surface area contributed by atoms with Gasteiger partial charge >= 0.3 is 0 Å². The first kappa shape index (κ1) is 12.4. The third-order valence-electron chi connectivity index (χ3n) is 4.77. The molecule has 1 saturated heterocycles. The summed E-state index contributed by atoms with van der Waals surface area (Å²) in [5, 5.41) is 10.9. The van der Waals surface area contributed by atoms with Gasteiger partial charge in [-0.05, 0) is 57.5 Å². The van der Waals surface area contributed by atoms with E-state index < -0.39 is 0 Å². The van der Waals surface area contributed by atoms with Crippen molar-refractivity contribution in [2.75, 3.05) is 20.1 Å². The lowest BCUT2D eigenvalue weighted by molar-refractivity contribution is -0.0507. The van der Waals surface area contributed by atoms with Crippen LogP contribution >= 0.6 is 0 Å². The van der Waals surface area contributed by atoms with Crippen LogP contribution in [0.5, 0.6) is 0 Å². The molecule has 0 aromatic carbocycles.